The highest BCUT2D eigenvalue weighted by molar-refractivity contribution is 9.10. The third kappa shape index (κ3) is 3.84. The van der Waals surface area contributed by atoms with E-state index in [0.717, 1.165) is 24.0 Å². The van der Waals surface area contributed by atoms with E-state index in [1.165, 1.54) is 16.8 Å². The number of nitrogens with zero attached hydrogens (tertiary/aromatic N) is 1. The van der Waals surface area contributed by atoms with Gasteiger partial charge in [0, 0.05) is 29.8 Å². The molecule has 0 saturated heterocycles. The Morgan fingerprint density at radius 3 is 2.50 bits per heavy atom. The number of hydrogen-bond acceptors (Lipinski definition) is 2. The fourth-order valence-corrected chi connectivity index (χ4v) is 2.71. The van der Waals surface area contributed by atoms with Crippen molar-refractivity contribution in [2.75, 3.05) is 11.4 Å². The Hall–Kier alpha value is -1.32. The van der Waals surface area contributed by atoms with Gasteiger partial charge in [-0.05, 0) is 29.7 Å². The van der Waals surface area contributed by atoms with Gasteiger partial charge in [0.15, 0.2) is 0 Å². The summed E-state index contributed by atoms with van der Waals surface area (Å²) >= 11 is 3.56. The summed E-state index contributed by atoms with van der Waals surface area (Å²) in [5.74, 6) is 0. The molecule has 0 aliphatic rings. The molecule has 0 amide bonds. The summed E-state index contributed by atoms with van der Waals surface area (Å²) in [6, 6.07) is 16.9. The highest BCUT2D eigenvalue weighted by Gasteiger charge is 2.11. The molecule has 2 nitrogen and oxygen atoms in total. The molecule has 0 bridgehead atoms. The predicted molar refractivity (Wildman–Crippen MR) is 89.8 cm³/mol. The molecule has 0 radical (unpaired) electrons. The van der Waals surface area contributed by atoms with Gasteiger partial charge in [-0.1, -0.05) is 59.3 Å². The Morgan fingerprint density at radius 1 is 1.10 bits per heavy atom. The third-order valence-corrected chi connectivity index (χ3v) is 3.81. The molecule has 2 rings (SSSR count). The van der Waals surface area contributed by atoms with E-state index in [1.807, 2.05) is 0 Å². The number of anilines is 1. The number of benzene rings is 2. The minimum atomic E-state index is 0.567. The molecule has 20 heavy (non-hydrogen) atoms. The van der Waals surface area contributed by atoms with E-state index in [1.54, 1.807) is 0 Å². The van der Waals surface area contributed by atoms with Crippen LogP contribution in [0.4, 0.5) is 5.69 Å². The Bertz CT molecular complexity index is 540. The van der Waals surface area contributed by atoms with Crippen molar-refractivity contribution in [3.8, 4) is 0 Å². The van der Waals surface area contributed by atoms with Crippen molar-refractivity contribution < 1.29 is 0 Å². The first-order valence-corrected chi connectivity index (χ1v) is 7.81. The van der Waals surface area contributed by atoms with Gasteiger partial charge < -0.3 is 10.6 Å². The first-order valence-electron chi connectivity index (χ1n) is 7.02. The largest absolute Gasteiger partial charge is 0.367 e. The Kier molecular flexibility index (Phi) is 5.62. The first-order chi connectivity index (χ1) is 9.74. The molecular formula is C17H21BrN2. The fraction of sp³-hybridized carbons (Fsp3) is 0.294. The molecule has 0 unspecified atom stereocenters. The van der Waals surface area contributed by atoms with Crippen molar-refractivity contribution in [3.05, 3.63) is 64.1 Å². The van der Waals surface area contributed by atoms with E-state index < -0.39 is 0 Å². The van der Waals surface area contributed by atoms with Crippen molar-refractivity contribution >= 4 is 21.6 Å². The molecule has 106 valence electrons. The molecule has 2 aromatic carbocycles. The fourth-order valence-electron chi connectivity index (χ4n) is 2.36. The maximum absolute atomic E-state index is 5.89. The summed E-state index contributed by atoms with van der Waals surface area (Å²) in [5.41, 5.74) is 9.63. The number of halogens is 1. The van der Waals surface area contributed by atoms with Crippen LogP contribution >= 0.6 is 15.9 Å². The first kappa shape index (κ1) is 15.1. The van der Waals surface area contributed by atoms with Crippen LogP contribution in [0.3, 0.4) is 0 Å². The summed E-state index contributed by atoms with van der Waals surface area (Å²) in [5, 5.41) is 0. The van der Waals surface area contributed by atoms with Crippen molar-refractivity contribution in [2.45, 2.75) is 26.4 Å². The van der Waals surface area contributed by atoms with Crippen LogP contribution in [0, 0.1) is 0 Å². The molecule has 2 aromatic rings. The predicted octanol–water partition coefficient (Wildman–Crippen LogP) is 4.32. The maximum atomic E-state index is 5.89. The second-order valence-electron chi connectivity index (χ2n) is 4.88. The topological polar surface area (TPSA) is 29.3 Å². The highest BCUT2D eigenvalue weighted by atomic mass is 79.9. The van der Waals surface area contributed by atoms with Gasteiger partial charge in [0.1, 0.15) is 0 Å². The van der Waals surface area contributed by atoms with E-state index in [2.05, 4.69) is 76.3 Å². The van der Waals surface area contributed by atoms with Gasteiger partial charge in [0.25, 0.3) is 0 Å². The third-order valence-electron chi connectivity index (χ3n) is 3.32. The standard InChI is InChI=1S/C17H21BrN2/c1-2-10-20(13-14-6-4-3-5-7-14)17-11-16(18)9-8-15(17)12-19/h3-9,11H,2,10,12-13,19H2,1H3. The summed E-state index contributed by atoms with van der Waals surface area (Å²) in [6.45, 7) is 4.71. The Balaban J connectivity index is 2.30. The van der Waals surface area contributed by atoms with Crippen LogP contribution in [-0.4, -0.2) is 6.54 Å². The van der Waals surface area contributed by atoms with Crippen LogP contribution in [0.5, 0.6) is 0 Å². The summed E-state index contributed by atoms with van der Waals surface area (Å²) in [7, 11) is 0. The average molecular weight is 333 g/mol. The lowest BCUT2D eigenvalue weighted by molar-refractivity contribution is 0.761. The number of nitrogens with two attached hydrogens (primary N) is 1. The second kappa shape index (κ2) is 7.46. The molecule has 0 spiro atoms. The van der Waals surface area contributed by atoms with Gasteiger partial charge in [-0.25, -0.2) is 0 Å². The van der Waals surface area contributed by atoms with E-state index in [0.29, 0.717) is 6.54 Å². The van der Waals surface area contributed by atoms with Crippen molar-refractivity contribution in [3.63, 3.8) is 0 Å². The lowest BCUT2D eigenvalue weighted by atomic mass is 10.1. The van der Waals surface area contributed by atoms with Crippen LogP contribution in [0.25, 0.3) is 0 Å². The van der Waals surface area contributed by atoms with Gasteiger partial charge >= 0.3 is 0 Å². The van der Waals surface area contributed by atoms with Crippen LogP contribution in [-0.2, 0) is 13.1 Å². The molecule has 0 heterocycles. The molecule has 2 N–H and O–H groups in total. The quantitative estimate of drug-likeness (QED) is 0.853. The highest BCUT2D eigenvalue weighted by Crippen LogP contribution is 2.26. The lowest BCUT2D eigenvalue weighted by Crippen LogP contribution is -2.25. The average Bonchev–Trinajstić information content (AvgIpc) is 2.48. The maximum Gasteiger partial charge on any atom is 0.0429 e. The van der Waals surface area contributed by atoms with Gasteiger partial charge in [0.2, 0.25) is 0 Å². The van der Waals surface area contributed by atoms with E-state index in [4.69, 9.17) is 5.73 Å². The van der Waals surface area contributed by atoms with Crippen LogP contribution in [0.2, 0.25) is 0 Å². The zero-order valence-corrected chi connectivity index (χ0v) is 13.4. The van der Waals surface area contributed by atoms with E-state index in [-0.39, 0.29) is 0 Å². The minimum Gasteiger partial charge on any atom is -0.367 e. The number of rotatable bonds is 6. The van der Waals surface area contributed by atoms with Crippen molar-refractivity contribution in [2.24, 2.45) is 5.73 Å². The van der Waals surface area contributed by atoms with Crippen molar-refractivity contribution in [1.29, 1.82) is 0 Å². The van der Waals surface area contributed by atoms with Crippen LogP contribution in [0.15, 0.2) is 53.0 Å². The van der Waals surface area contributed by atoms with Gasteiger partial charge in [-0.2, -0.15) is 0 Å². The van der Waals surface area contributed by atoms with Gasteiger partial charge in [-0.15, -0.1) is 0 Å². The Morgan fingerprint density at radius 2 is 1.85 bits per heavy atom. The molecule has 0 aliphatic heterocycles. The molecule has 0 fully saturated rings. The molecule has 0 saturated carbocycles. The zero-order chi connectivity index (χ0) is 14.4. The molecule has 0 aliphatic carbocycles. The monoisotopic (exact) mass is 332 g/mol. The summed E-state index contributed by atoms with van der Waals surface area (Å²) in [6.07, 6.45) is 1.11. The summed E-state index contributed by atoms with van der Waals surface area (Å²) < 4.78 is 1.10. The SMILES string of the molecule is CCCN(Cc1ccccc1)c1cc(Br)ccc1CN. The van der Waals surface area contributed by atoms with Gasteiger partial charge in [-0.3, -0.25) is 0 Å². The normalized spacial score (nSPS) is 10.6. The molecule has 0 aromatic heterocycles. The second-order valence-corrected chi connectivity index (χ2v) is 5.80. The smallest absolute Gasteiger partial charge is 0.0429 e. The number of hydrogen-bond donors (Lipinski definition) is 1. The Labute approximate surface area is 129 Å². The lowest BCUT2D eigenvalue weighted by Gasteiger charge is -2.27. The zero-order valence-electron chi connectivity index (χ0n) is 11.8. The summed E-state index contributed by atoms with van der Waals surface area (Å²) in [4.78, 5) is 2.41. The van der Waals surface area contributed by atoms with E-state index >= 15 is 0 Å². The molecular weight excluding hydrogens is 312 g/mol. The molecule has 0 atom stereocenters. The van der Waals surface area contributed by atoms with Crippen LogP contribution < -0.4 is 10.6 Å². The molecule has 3 heteroatoms. The van der Waals surface area contributed by atoms with Crippen molar-refractivity contribution in [1.82, 2.24) is 0 Å². The van der Waals surface area contributed by atoms with Gasteiger partial charge in [0.05, 0.1) is 0 Å². The van der Waals surface area contributed by atoms with E-state index in [9.17, 15) is 0 Å². The van der Waals surface area contributed by atoms with Crippen LogP contribution in [0.1, 0.15) is 24.5 Å². The minimum absolute atomic E-state index is 0.567.